The molecule has 4 rings (SSSR count). The number of aromatic nitrogens is 7. The molecular formula is C25H31N7O. The number of benzene rings is 2. The van der Waals surface area contributed by atoms with E-state index in [1.807, 2.05) is 29.7 Å². The van der Waals surface area contributed by atoms with Crippen molar-refractivity contribution >= 4 is 0 Å². The highest BCUT2D eigenvalue weighted by molar-refractivity contribution is 5.80. The zero-order chi connectivity index (χ0) is 23.2. The van der Waals surface area contributed by atoms with E-state index in [1.165, 1.54) is 0 Å². The maximum Gasteiger partial charge on any atom is 0.346 e. The Kier molecular flexibility index (Phi) is 7.12. The molecule has 0 fully saturated rings. The maximum atomic E-state index is 13.1. The average molecular weight is 446 g/mol. The average Bonchev–Trinajstić information content (AvgIpc) is 3.49. The zero-order valence-corrected chi connectivity index (χ0v) is 19.5. The van der Waals surface area contributed by atoms with E-state index in [0.717, 1.165) is 60.2 Å². The summed E-state index contributed by atoms with van der Waals surface area (Å²) in [6.07, 6.45) is 5.02. The minimum absolute atomic E-state index is 0.0249. The Hall–Kier alpha value is -3.55. The molecule has 0 spiro atoms. The lowest BCUT2D eigenvalue weighted by Crippen LogP contribution is -2.27. The van der Waals surface area contributed by atoms with Crippen molar-refractivity contribution < 1.29 is 0 Å². The lowest BCUT2D eigenvalue weighted by atomic mass is 9.98. The third-order valence-corrected chi connectivity index (χ3v) is 6.11. The van der Waals surface area contributed by atoms with E-state index in [1.54, 1.807) is 4.68 Å². The number of aryl methyl sites for hydroxylation is 1. The Labute approximate surface area is 193 Å². The number of H-pyrrole nitrogens is 1. The first-order valence-electron chi connectivity index (χ1n) is 11.7. The molecule has 2 aromatic heterocycles. The van der Waals surface area contributed by atoms with Gasteiger partial charge < -0.3 is 0 Å². The summed E-state index contributed by atoms with van der Waals surface area (Å²) < 4.78 is 3.49. The highest BCUT2D eigenvalue weighted by atomic mass is 16.2. The highest BCUT2D eigenvalue weighted by Crippen LogP contribution is 2.29. The second kappa shape index (κ2) is 10.4. The van der Waals surface area contributed by atoms with Crippen molar-refractivity contribution in [1.29, 1.82) is 0 Å². The Morgan fingerprint density at radius 1 is 1.00 bits per heavy atom. The van der Waals surface area contributed by atoms with E-state index in [2.05, 4.69) is 64.8 Å². The number of nitrogens with zero attached hydrogens (tertiary/aromatic N) is 6. The molecule has 0 amide bonds. The summed E-state index contributed by atoms with van der Waals surface area (Å²) >= 11 is 0. The van der Waals surface area contributed by atoms with Crippen molar-refractivity contribution in [3.63, 3.8) is 0 Å². The van der Waals surface area contributed by atoms with E-state index < -0.39 is 0 Å². The van der Waals surface area contributed by atoms with Gasteiger partial charge in [-0.2, -0.15) is 5.10 Å². The van der Waals surface area contributed by atoms with Crippen molar-refractivity contribution in [3.8, 4) is 22.5 Å². The molecule has 33 heavy (non-hydrogen) atoms. The van der Waals surface area contributed by atoms with Crippen molar-refractivity contribution in [1.82, 2.24) is 35.0 Å². The smallest absolute Gasteiger partial charge is 0.274 e. The van der Waals surface area contributed by atoms with Crippen LogP contribution < -0.4 is 5.69 Å². The number of nitrogens with one attached hydrogen (secondary N) is 1. The molecule has 1 atom stereocenters. The monoisotopic (exact) mass is 445 g/mol. The highest BCUT2D eigenvalue weighted by Gasteiger charge is 2.17. The van der Waals surface area contributed by atoms with Gasteiger partial charge in [0.25, 0.3) is 0 Å². The van der Waals surface area contributed by atoms with Gasteiger partial charge in [0.1, 0.15) is 5.82 Å². The van der Waals surface area contributed by atoms with Crippen molar-refractivity contribution in [3.05, 3.63) is 70.4 Å². The Bertz CT molecular complexity index is 1220. The standard InChI is InChI=1S/C25H31N7O/c1-4-6-7-12-23-28-32(18(3)5-2)25(33)31(23)17-19-13-15-20(16-14-19)21-10-8-9-11-22(21)24-26-29-30-27-24/h8-11,13-16,18H,4-7,12,17H2,1-3H3,(H,26,27,29,30). The normalized spacial score (nSPS) is 12.2. The molecule has 4 aromatic rings. The van der Waals surface area contributed by atoms with Gasteiger partial charge in [-0.1, -0.05) is 75.2 Å². The summed E-state index contributed by atoms with van der Waals surface area (Å²) in [5.74, 6) is 1.51. The third-order valence-electron chi connectivity index (χ3n) is 6.11. The quantitative estimate of drug-likeness (QED) is 0.359. The Morgan fingerprint density at radius 3 is 2.42 bits per heavy atom. The van der Waals surface area contributed by atoms with Crippen LogP contribution in [0.15, 0.2) is 53.3 Å². The summed E-state index contributed by atoms with van der Waals surface area (Å²) in [7, 11) is 0. The molecule has 0 radical (unpaired) electrons. The number of hydrogen-bond acceptors (Lipinski definition) is 5. The van der Waals surface area contributed by atoms with Crippen LogP contribution in [-0.4, -0.2) is 35.0 Å². The molecule has 8 nitrogen and oxygen atoms in total. The van der Waals surface area contributed by atoms with E-state index in [4.69, 9.17) is 5.10 Å². The van der Waals surface area contributed by atoms with Gasteiger partial charge in [0.15, 0.2) is 5.82 Å². The molecule has 8 heteroatoms. The van der Waals surface area contributed by atoms with Crippen LogP contribution in [0.4, 0.5) is 0 Å². The fourth-order valence-corrected chi connectivity index (χ4v) is 3.98. The van der Waals surface area contributed by atoms with Crippen LogP contribution in [0, 0.1) is 0 Å². The zero-order valence-electron chi connectivity index (χ0n) is 19.5. The predicted molar refractivity (Wildman–Crippen MR) is 129 cm³/mol. The van der Waals surface area contributed by atoms with Crippen LogP contribution in [0.5, 0.6) is 0 Å². The van der Waals surface area contributed by atoms with E-state index >= 15 is 0 Å². The number of aromatic amines is 1. The molecule has 0 aliphatic heterocycles. The van der Waals surface area contributed by atoms with Crippen LogP contribution in [0.25, 0.3) is 22.5 Å². The predicted octanol–water partition coefficient (Wildman–Crippen LogP) is 4.64. The lowest BCUT2D eigenvalue weighted by molar-refractivity contribution is 0.456. The summed E-state index contributed by atoms with van der Waals surface area (Å²) in [6.45, 7) is 6.83. The molecular weight excluding hydrogens is 414 g/mol. The van der Waals surface area contributed by atoms with Gasteiger partial charge in [0.2, 0.25) is 0 Å². The minimum Gasteiger partial charge on any atom is -0.274 e. The van der Waals surface area contributed by atoms with Crippen LogP contribution in [0.3, 0.4) is 0 Å². The molecule has 172 valence electrons. The Morgan fingerprint density at radius 2 is 1.76 bits per heavy atom. The van der Waals surface area contributed by atoms with Crippen LogP contribution >= 0.6 is 0 Å². The molecule has 0 saturated heterocycles. The molecule has 2 aromatic carbocycles. The van der Waals surface area contributed by atoms with Crippen molar-refractivity contribution in [2.45, 2.75) is 65.5 Å². The first-order chi connectivity index (χ1) is 16.1. The van der Waals surface area contributed by atoms with Crippen LogP contribution in [0.1, 0.15) is 63.9 Å². The van der Waals surface area contributed by atoms with Gasteiger partial charge in [-0.05, 0) is 46.9 Å². The Balaban J connectivity index is 1.61. The topological polar surface area (TPSA) is 94.3 Å². The van der Waals surface area contributed by atoms with Crippen molar-refractivity contribution in [2.75, 3.05) is 0 Å². The van der Waals surface area contributed by atoms with E-state index in [0.29, 0.717) is 12.4 Å². The largest absolute Gasteiger partial charge is 0.346 e. The molecule has 1 unspecified atom stereocenters. The molecule has 1 N–H and O–H groups in total. The number of rotatable bonds is 10. The minimum atomic E-state index is -0.0249. The van der Waals surface area contributed by atoms with Gasteiger partial charge in [-0.3, -0.25) is 4.57 Å². The maximum absolute atomic E-state index is 13.1. The number of hydrogen-bond donors (Lipinski definition) is 1. The molecule has 0 saturated carbocycles. The SMILES string of the molecule is CCCCCc1nn(C(C)CC)c(=O)n1Cc1ccc(-c2ccccc2-c2nnn[nH]2)cc1. The van der Waals surface area contributed by atoms with Crippen molar-refractivity contribution in [2.24, 2.45) is 0 Å². The first kappa shape index (κ1) is 22.6. The summed E-state index contributed by atoms with van der Waals surface area (Å²) in [6, 6.07) is 16.4. The van der Waals surface area contributed by atoms with Gasteiger partial charge in [-0.15, -0.1) is 5.10 Å². The summed E-state index contributed by atoms with van der Waals surface area (Å²) in [4.78, 5) is 13.1. The van der Waals surface area contributed by atoms with E-state index in [-0.39, 0.29) is 11.7 Å². The number of tetrazole rings is 1. The fourth-order valence-electron chi connectivity index (χ4n) is 3.98. The van der Waals surface area contributed by atoms with Crippen LogP contribution in [0.2, 0.25) is 0 Å². The van der Waals surface area contributed by atoms with Gasteiger partial charge in [0, 0.05) is 12.0 Å². The molecule has 2 heterocycles. The summed E-state index contributed by atoms with van der Waals surface area (Å²) in [5.41, 5.74) is 4.10. The van der Waals surface area contributed by atoms with Crippen LogP contribution in [-0.2, 0) is 13.0 Å². The molecule has 0 aliphatic rings. The van der Waals surface area contributed by atoms with E-state index in [9.17, 15) is 4.79 Å². The third kappa shape index (κ3) is 4.94. The van der Waals surface area contributed by atoms with Gasteiger partial charge in [0.05, 0.1) is 12.6 Å². The second-order valence-electron chi connectivity index (χ2n) is 8.44. The van der Waals surface area contributed by atoms with Gasteiger partial charge >= 0.3 is 5.69 Å². The fraction of sp³-hybridized carbons (Fsp3) is 0.400. The molecule has 0 bridgehead atoms. The first-order valence-corrected chi connectivity index (χ1v) is 11.7. The number of unbranched alkanes of at least 4 members (excludes halogenated alkanes) is 2. The van der Waals surface area contributed by atoms with Gasteiger partial charge in [-0.25, -0.2) is 14.6 Å². The molecule has 0 aliphatic carbocycles. The second-order valence-corrected chi connectivity index (χ2v) is 8.44. The summed E-state index contributed by atoms with van der Waals surface area (Å²) in [5, 5.41) is 19.0. The lowest BCUT2D eigenvalue weighted by Gasteiger charge is -2.10.